The Labute approximate surface area is 175 Å². The Morgan fingerprint density at radius 3 is 2.66 bits per heavy atom. The molecule has 0 unspecified atom stereocenters. The van der Waals surface area contributed by atoms with Crippen molar-refractivity contribution in [2.24, 2.45) is 15.6 Å². The third-order valence-electron chi connectivity index (χ3n) is 4.62. The molecule has 1 saturated heterocycles. The maximum absolute atomic E-state index is 12.3. The van der Waals surface area contributed by atoms with Crippen LogP contribution in [0.4, 0.5) is 5.69 Å². The molecule has 0 saturated carbocycles. The molecule has 1 aromatic rings. The Morgan fingerprint density at radius 2 is 2.00 bits per heavy atom. The van der Waals surface area contributed by atoms with Gasteiger partial charge in [-0.15, -0.1) is 5.10 Å². The average Bonchev–Trinajstić information content (AvgIpc) is 2.98. The monoisotopic (exact) mass is 414 g/mol. The van der Waals surface area contributed by atoms with E-state index < -0.39 is 5.25 Å². The summed E-state index contributed by atoms with van der Waals surface area (Å²) in [6.45, 7) is 6.50. The second-order valence-electron chi connectivity index (χ2n) is 8.08. The Hall–Kier alpha value is -2.61. The summed E-state index contributed by atoms with van der Waals surface area (Å²) in [4.78, 5) is 24.5. The highest BCUT2D eigenvalue weighted by Gasteiger charge is 2.32. The summed E-state index contributed by atoms with van der Waals surface area (Å²) in [6, 6.07) is 7.03. The van der Waals surface area contributed by atoms with E-state index in [1.54, 1.807) is 31.4 Å². The minimum absolute atomic E-state index is 0.0597. The van der Waals surface area contributed by atoms with Crippen LogP contribution in [0.15, 0.2) is 46.1 Å². The number of rotatable bonds is 5. The van der Waals surface area contributed by atoms with Crippen molar-refractivity contribution in [3.05, 3.63) is 35.9 Å². The van der Waals surface area contributed by atoms with Crippen LogP contribution in [0.25, 0.3) is 0 Å². The molecule has 2 N–H and O–H groups in total. The van der Waals surface area contributed by atoms with E-state index in [4.69, 9.17) is 4.74 Å². The van der Waals surface area contributed by atoms with Gasteiger partial charge in [0, 0.05) is 12.1 Å². The quantitative estimate of drug-likeness (QED) is 0.718. The molecule has 2 amide bonds. The van der Waals surface area contributed by atoms with E-state index in [-0.39, 0.29) is 23.7 Å². The number of allylic oxidation sites excluding steroid dienone is 2. The van der Waals surface area contributed by atoms with Crippen LogP contribution in [0.3, 0.4) is 0 Å². The maximum atomic E-state index is 12.3. The van der Waals surface area contributed by atoms with E-state index in [0.29, 0.717) is 16.6 Å². The molecule has 0 spiro atoms. The molecule has 0 aromatic heterocycles. The number of amidine groups is 1. The fourth-order valence-corrected chi connectivity index (χ4v) is 4.43. The van der Waals surface area contributed by atoms with Crippen molar-refractivity contribution in [3.8, 4) is 5.75 Å². The highest BCUT2D eigenvalue weighted by Crippen LogP contribution is 2.34. The zero-order valence-electron chi connectivity index (χ0n) is 17.1. The number of nitrogens with zero attached hydrogens (tertiary/aromatic N) is 2. The van der Waals surface area contributed by atoms with Gasteiger partial charge in [0.2, 0.25) is 11.8 Å². The second-order valence-corrected chi connectivity index (χ2v) is 9.27. The summed E-state index contributed by atoms with van der Waals surface area (Å²) in [5.74, 6) is 0.250. The SMILES string of the molecule is COc1ccc(NC(=O)C[C@@H]2S/C(=N/N=C3/C=C(C)CC(C)(C)C3)NC2=O)cc1. The standard InChI is InChI=1S/C21H26N4O3S/c1-13-9-15(12-21(2,3)11-13)24-25-20-23-19(27)17(29-20)10-18(26)22-14-5-7-16(28-4)8-6-14/h5-9,17H,10-12H2,1-4H3,(H,22,26)(H,23,25,27)/b24-15-/t17-/m0/s1. The van der Waals surface area contributed by atoms with E-state index >= 15 is 0 Å². The minimum Gasteiger partial charge on any atom is -0.497 e. The van der Waals surface area contributed by atoms with Crippen LogP contribution in [-0.4, -0.2) is 35.1 Å². The molecular formula is C21H26N4O3S. The van der Waals surface area contributed by atoms with Gasteiger partial charge in [0.25, 0.3) is 0 Å². The largest absolute Gasteiger partial charge is 0.497 e. The van der Waals surface area contributed by atoms with Crippen LogP contribution in [0.5, 0.6) is 5.75 Å². The first-order chi connectivity index (χ1) is 13.7. The third kappa shape index (κ3) is 5.93. The van der Waals surface area contributed by atoms with Crippen molar-refractivity contribution in [2.45, 2.75) is 45.3 Å². The highest BCUT2D eigenvalue weighted by molar-refractivity contribution is 8.15. The van der Waals surface area contributed by atoms with Gasteiger partial charge in [0.05, 0.1) is 12.8 Å². The first kappa shape index (κ1) is 21.1. The number of hydrogen-bond acceptors (Lipinski definition) is 6. The van der Waals surface area contributed by atoms with E-state index in [0.717, 1.165) is 18.6 Å². The number of benzene rings is 1. The Bertz CT molecular complexity index is 888. The summed E-state index contributed by atoms with van der Waals surface area (Å²) >= 11 is 1.23. The lowest BCUT2D eigenvalue weighted by Crippen LogP contribution is -2.28. The van der Waals surface area contributed by atoms with Crippen LogP contribution in [-0.2, 0) is 9.59 Å². The molecule has 1 aliphatic carbocycles. The lowest BCUT2D eigenvalue weighted by atomic mass is 9.77. The number of thioether (sulfide) groups is 1. The van der Waals surface area contributed by atoms with Gasteiger partial charge in [0.15, 0.2) is 5.17 Å². The smallest absolute Gasteiger partial charge is 0.240 e. The molecule has 1 aliphatic heterocycles. The predicted molar refractivity (Wildman–Crippen MR) is 117 cm³/mol. The number of nitrogens with one attached hydrogen (secondary N) is 2. The number of methoxy groups -OCH3 is 1. The molecule has 1 fully saturated rings. The molecule has 8 heteroatoms. The molecule has 0 radical (unpaired) electrons. The first-order valence-corrected chi connectivity index (χ1v) is 10.4. The lowest BCUT2D eigenvalue weighted by molar-refractivity contribution is -0.122. The third-order valence-corrected chi connectivity index (χ3v) is 5.69. The molecule has 29 heavy (non-hydrogen) atoms. The number of carbonyl (C=O) groups is 2. The van der Waals surface area contributed by atoms with Crippen molar-refractivity contribution >= 4 is 40.1 Å². The zero-order chi connectivity index (χ0) is 21.0. The van der Waals surface area contributed by atoms with Crippen molar-refractivity contribution in [1.29, 1.82) is 0 Å². The maximum Gasteiger partial charge on any atom is 0.240 e. The van der Waals surface area contributed by atoms with Crippen LogP contribution in [0, 0.1) is 5.41 Å². The first-order valence-electron chi connectivity index (χ1n) is 9.47. The molecule has 2 aliphatic rings. The zero-order valence-corrected chi connectivity index (χ0v) is 17.9. The molecule has 0 bridgehead atoms. The van der Waals surface area contributed by atoms with Crippen molar-refractivity contribution in [1.82, 2.24) is 5.32 Å². The molecular weight excluding hydrogens is 388 g/mol. The number of carbonyl (C=O) groups excluding carboxylic acids is 2. The summed E-state index contributed by atoms with van der Waals surface area (Å²) in [6.07, 6.45) is 3.99. The van der Waals surface area contributed by atoms with E-state index in [1.807, 2.05) is 0 Å². The summed E-state index contributed by atoms with van der Waals surface area (Å²) in [7, 11) is 1.58. The van der Waals surface area contributed by atoms with E-state index in [2.05, 4.69) is 47.7 Å². The van der Waals surface area contributed by atoms with Gasteiger partial charge in [-0.2, -0.15) is 5.10 Å². The van der Waals surface area contributed by atoms with Crippen molar-refractivity contribution < 1.29 is 14.3 Å². The van der Waals surface area contributed by atoms with Crippen LogP contribution in [0.1, 0.15) is 40.0 Å². The van der Waals surface area contributed by atoms with Gasteiger partial charge in [0.1, 0.15) is 11.0 Å². The van der Waals surface area contributed by atoms with Gasteiger partial charge in [-0.3, -0.25) is 9.59 Å². The molecule has 1 heterocycles. The molecule has 7 nitrogen and oxygen atoms in total. The number of ether oxygens (including phenoxy) is 1. The summed E-state index contributed by atoms with van der Waals surface area (Å²) < 4.78 is 5.10. The molecule has 3 rings (SSSR count). The number of anilines is 1. The van der Waals surface area contributed by atoms with Gasteiger partial charge in [-0.25, -0.2) is 0 Å². The van der Waals surface area contributed by atoms with E-state index in [1.165, 1.54) is 17.3 Å². The molecule has 1 aromatic carbocycles. The number of amides is 2. The Balaban J connectivity index is 1.58. The predicted octanol–water partition coefficient (Wildman–Crippen LogP) is 3.73. The summed E-state index contributed by atoms with van der Waals surface area (Å²) in [5, 5.41) is 13.9. The normalized spacial score (nSPS) is 23.7. The van der Waals surface area contributed by atoms with Crippen molar-refractivity contribution in [3.63, 3.8) is 0 Å². The second kappa shape index (κ2) is 8.82. The van der Waals surface area contributed by atoms with Gasteiger partial charge in [-0.1, -0.05) is 31.2 Å². The fraction of sp³-hybridized carbons (Fsp3) is 0.429. The van der Waals surface area contributed by atoms with Crippen molar-refractivity contribution in [2.75, 3.05) is 12.4 Å². The van der Waals surface area contributed by atoms with Gasteiger partial charge >= 0.3 is 0 Å². The Kier molecular flexibility index (Phi) is 6.42. The van der Waals surface area contributed by atoms with Gasteiger partial charge in [-0.05, 0) is 55.5 Å². The van der Waals surface area contributed by atoms with Crippen LogP contribution < -0.4 is 15.4 Å². The lowest BCUT2D eigenvalue weighted by Gasteiger charge is -2.28. The van der Waals surface area contributed by atoms with E-state index in [9.17, 15) is 9.59 Å². The average molecular weight is 415 g/mol. The topological polar surface area (TPSA) is 92.2 Å². The Morgan fingerprint density at radius 1 is 1.28 bits per heavy atom. The van der Waals surface area contributed by atoms with Crippen LogP contribution in [0.2, 0.25) is 0 Å². The fourth-order valence-electron chi connectivity index (χ4n) is 3.51. The highest BCUT2D eigenvalue weighted by atomic mass is 32.2. The van der Waals surface area contributed by atoms with Crippen LogP contribution >= 0.6 is 11.8 Å². The number of hydrogen-bond donors (Lipinski definition) is 2. The molecule has 1 atom stereocenters. The summed E-state index contributed by atoms with van der Waals surface area (Å²) in [5.41, 5.74) is 2.99. The molecule has 154 valence electrons. The minimum atomic E-state index is -0.521. The van der Waals surface area contributed by atoms with Gasteiger partial charge < -0.3 is 15.4 Å².